The Balaban J connectivity index is 3.12. The van der Waals surface area contributed by atoms with Crippen LogP contribution >= 0.6 is 27.5 Å². The molecule has 0 fully saturated rings. The van der Waals surface area contributed by atoms with Crippen LogP contribution < -0.4 is 0 Å². The van der Waals surface area contributed by atoms with Gasteiger partial charge in [0.25, 0.3) is 0 Å². The van der Waals surface area contributed by atoms with Crippen LogP contribution in [-0.4, -0.2) is 10.3 Å². The lowest BCUT2D eigenvalue weighted by Crippen LogP contribution is -1.93. The number of nitro benzene ring substituents is 1. The van der Waals surface area contributed by atoms with Gasteiger partial charge >= 0.3 is 5.69 Å². The molecule has 0 bridgehead atoms. The molecule has 0 spiro atoms. The Morgan fingerprint density at radius 2 is 2.25 bits per heavy atom. The molecule has 1 rings (SSSR count). The highest BCUT2D eigenvalue weighted by atomic mass is 79.9. The Kier molecular flexibility index (Phi) is 4.71. The SMILES string of the molecule is O=[N+]([O-])c1cc(Cl)c(C#CCCBr)cc1F. The van der Waals surface area contributed by atoms with Crippen molar-refractivity contribution in [1.29, 1.82) is 0 Å². The lowest BCUT2D eigenvalue weighted by molar-refractivity contribution is -0.387. The van der Waals surface area contributed by atoms with Crippen molar-refractivity contribution >= 4 is 33.2 Å². The Hall–Kier alpha value is -1.12. The molecule has 0 saturated heterocycles. The molecule has 1 aromatic carbocycles. The number of alkyl halides is 1. The molecule has 3 nitrogen and oxygen atoms in total. The van der Waals surface area contributed by atoms with Crippen LogP contribution in [0.3, 0.4) is 0 Å². The van der Waals surface area contributed by atoms with E-state index in [1.807, 2.05) is 0 Å². The topological polar surface area (TPSA) is 43.1 Å². The minimum Gasteiger partial charge on any atom is -0.258 e. The van der Waals surface area contributed by atoms with Crippen LogP contribution in [0.15, 0.2) is 12.1 Å². The Morgan fingerprint density at radius 3 is 2.81 bits per heavy atom. The van der Waals surface area contributed by atoms with E-state index < -0.39 is 16.4 Å². The molecule has 0 amide bonds. The highest BCUT2D eigenvalue weighted by Crippen LogP contribution is 2.25. The van der Waals surface area contributed by atoms with Crippen molar-refractivity contribution < 1.29 is 9.31 Å². The van der Waals surface area contributed by atoms with Crippen molar-refractivity contribution in [3.05, 3.63) is 38.7 Å². The fourth-order valence-electron chi connectivity index (χ4n) is 0.977. The third kappa shape index (κ3) is 3.19. The number of hydrogen-bond acceptors (Lipinski definition) is 2. The maximum atomic E-state index is 13.2. The van der Waals surface area contributed by atoms with Crippen LogP contribution in [0.2, 0.25) is 5.02 Å². The first-order valence-corrected chi connectivity index (χ1v) is 5.74. The predicted octanol–water partition coefficient (Wildman–Crippen LogP) is 3.52. The minimum absolute atomic E-state index is 0.0789. The van der Waals surface area contributed by atoms with E-state index in [2.05, 4.69) is 27.8 Å². The van der Waals surface area contributed by atoms with Crippen molar-refractivity contribution in [2.75, 3.05) is 5.33 Å². The molecule has 84 valence electrons. The summed E-state index contributed by atoms with van der Waals surface area (Å²) in [5, 5.41) is 11.2. The second kappa shape index (κ2) is 5.83. The predicted molar refractivity (Wildman–Crippen MR) is 63.4 cm³/mol. The van der Waals surface area contributed by atoms with Gasteiger partial charge in [-0.15, -0.1) is 0 Å². The Labute approximate surface area is 105 Å². The number of nitrogens with zero attached hydrogens (tertiary/aromatic N) is 1. The smallest absolute Gasteiger partial charge is 0.258 e. The standard InChI is InChI=1S/C10H6BrClFNO2/c11-4-2-1-3-7-5-9(13)10(14(15)16)6-8(7)12/h5-6H,2,4H2. The van der Waals surface area contributed by atoms with Gasteiger partial charge < -0.3 is 0 Å². The molecule has 0 aliphatic rings. The minimum atomic E-state index is -0.933. The first-order chi connectivity index (χ1) is 7.56. The van der Waals surface area contributed by atoms with E-state index in [1.165, 1.54) is 0 Å². The monoisotopic (exact) mass is 305 g/mol. The average Bonchev–Trinajstić information content (AvgIpc) is 2.22. The van der Waals surface area contributed by atoms with Gasteiger partial charge in [0, 0.05) is 23.4 Å². The van der Waals surface area contributed by atoms with E-state index in [0.29, 0.717) is 11.8 Å². The summed E-state index contributed by atoms with van der Waals surface area (Å²) in [5.74, 6) is 4.46. The lowest BCUT2D eigenvalue weighted by atomic mass is 10.2. The van der Waals surface area contributed by atoms with E-state index in [-0.39, 0.29) is 10.6 Å². The quantitative estimate of drug-likeness (QED) is 0.363. The van der Waals surface area contributed by atoms with Gasteiger partial charge in [0.05, 0.1) is 9.95 Å². The molecule has 0 unspecified atom stereocenters. The van der Waals surface area contributed by atoms with Gasteiger partial charge in [0.2, 0.25) is 5.82 Å². The molecule has 0 atom stereocenters. The average molecular weight is 307 g/mol. The number of halogens is 3. The van der Waals surface area contributed by atoms with Crippen LogP contribution in [-0.2, 0) is 0 Å². The highest BCUT2D eigenvalue weighted by Gasteiger charge is 2.16. The maximum absolute atomic E-state index is 13.2. The molecule has 0 N–H and O–H groups in total. The van der Waals surface area contributed by atoms with Gasteiger partial charge in [-0.25, -0.2) is 0 Å². The first kappa shape index (κ1) is 12.9. The number of hydrogen-bond donors (Lipinski definition) is 0. The van der Waals surface area contributed by atoms with Crippen LogP contribution in [0, 0.1) is 27.8 Å². The molecule has 0 aliphatic heterocycles. The molecule has 6 heteroatoms. The highest BCUT2D eigenvalue weighted by molar-refractivity contribution is 9.09. The van der Waals surface area contributed by atoms with E-state index in [4.69, 9.17) is 11.6 Å². The van der Waals surface area contributed by atoms with E-state index in [0.717, 1.165) is 12.1 Å². The van der Waals surface area contributed by atoms with Crippen LogP contribution in [0.25, 0.3) is 0 Å². The summed E-state index contributed by atoms with van der Waals surface area (Å²) in [4.78, 5) is 9.59. The summed E-state index contributed by atoms with van der Waals surface area (Å²) >= 11 is 8.93. The fraction of sp³-hybridized carbons (Fsp3) is 0.200. The summed E-state index contributed by atoms with van der Waals surface area (Å²) in [6.07, 6.45) is 0.592. The van der Waals surface area contributed by atoms with Gasteiger partial charge in [-0.2, -0.15) is 4.39 Å². The van der Waals surface area contributed by atoms with Gasteiger partial charge in [-0.1, -0.05) is 39.4 Å². The molecular weight excluding hydrogens is 300 g/mol. The van der Waals surface area contributed by atoms with Crippen molar-refractivity contribution in [2.24, 2.45) is 0 Å². The van der Waals surface area contributed by atoms with Crippen LogP contribution in [0.5, 0.6) is 0 Å². The molecule has 0 radical (unpaired) electrons. The van der Waals surface area contributed by atoms with Gasteiger partial charge in [0.1, 0.15) is 0 Å². The zero-order valence-corrected chi connectivity index (χ0v) is 10.3. The first-order valence-electron chi connectivity index (χ1n) is 4.24. The van der Waals surface area contributed by atoms with E-state index in [9.17, 15) is 14.5 Å². The second-order valence-electron chi connectivity index (χ2n) is 2.78. The zero-order chi connectivity index (χ0) is 12.1. The van der Waals surface area contributed by atoms with Gasteiger partial charge in [-0.05, 0) is 6.07 Å². The van der Waals surface area contributed by atoms with Crippen LogP contribution in [0.4, 0.5) is 10.1 Å². The summed E-state index contributed by atoms with van der Waals surface area (Å²) < 4.78 is 13.2. The van der Waals surface area contributed by atoms with E-state index >= 15 is 0 Å². The third-order valence-corrected chi connectivity index (χ3v) is 2.38. The van der Waals surface area contributed by atoms with Crippen molar-refractivity contribution in [1.82, 2.24) is 0 Å². The second-order valence-corrected chi connectivity index (χ2v) is 3.98. The lowest BCUT2D eigenvalue weighted by Gasteiger charge is -1.97. The maximum Gasteiger partial charge on any atom is 0.306 e. The number of benzene rings is 1. The van der Waals surface area contributed by atoms with Gasteiger partial charge in [0.15, 0.2) is 0 Å². The fourth-order valence-corrected chi connectivity index (χ4v) is 1.38. The molecular formula is C10H6BrClFNO2. The number of rotatable bonds is 2. The Bertz CT molecular complexity index is 482. The largest absolute Gasteiger partial charge is 0.306 e. The normalized spacial score (nSPS) is 9.44. The Morgan fingerprint density at radius 1 is 1.56 bits per heavy atom. The van der Waals surface area contributed by atoms with Crippen molar-refractivity contribution in [3.63, 3.8) is 0 Å². The third-order valence-electron chi connectivity index (χ3n) is 1.68. The molecule has 0 aromatic heterocycles. The van der Waals surface area contributed by atoms with Crippen molar-refractivity contribution in [3.8, 4) is 11.8 Å². The van der Waals surface area contributed by atoms with Gasteiger partial charge in [-0.3, -0.25) is 10.1 Å². The molecule has 0 aliphatic carbocycles. The zero-order valence-electron chi connectivity index (χ0n) is 7.97. The summed E-state index contributed by atoms with van der Waals surface area (Å²) in [5.41, 5.74) is -0.387. The molecule has 0 heterocycles. The summed E-state index contributed by atoms with van der Waals surface area (Å²) in [7, 11) is 0. The number of nitro groups is 1. The summed E-state index contributed by atoms with van der Waals surface area (Å²) in [6.45, 7) is 0. The van der Waals surface area contributed by atoms with E-state index in [1.54, 1.807) is 0 Å². The molecule has 16 heavy (non-hydrogen) atoms. The molecule has 1 aromatic rings. The summed E-state index contributed by atoms with van der Waals surface area (Å²) in [6, 6.07) is 1.94. The molecule has 0 saturated carbocycles. The van der Waals surface area contributed by atoms with Crippen LogP contribution in [0.1, 0.15) is 12.0 Å². The van der Waals surface area contributed by atoms with Crippen molar-refractivity contribution in [2.45, 2.75) is 6.42 Å².